The molecule has 2 rings (SSSR count). The Morgan fingerprint density at radius 1 is 1.22 bits per heavy atom. The van der Waals surface area contributed by atoms with Crippen LogP contribution in [0, 0.1) is 0 Å². The van der Waals surface area contributed by atoms with Crippen molar-refractivity contribution in [3.8, 4) is 0 Å². The minimum atomic E-state index is -0.520. The quantitative estimate of drug-likeness (QED) is 0.462. The molecular formula is C18H29NO4. The van der Waals surface area contributed by atoms with Gasteiger partial charge < -0.3 is 14.7 Å². The summed E-state index contributed by atoms with van der Waals surface area (Å²) in [4.78, 5) is 17.7. The van der Waals surface area contributed by atoms with Crippen molar-refractivity contribution in [2.45, 2.75) is 83.7 Å². The van der Waals surface area contributed by atoms with E-state index in [1.165, 1.54) is 19.3 Å². The summed E-state index contributed by atoms with van der Waals surface area (Å²) in [5.41, 5.74) is 0.194. The predicted octanol–water partition coefficient (Wildman–Crippen LogP) is 4.42. The molecule has 130 valence electrons. The van der Waals surface area contributed by atoms with E-state index in [1.54, 1.807) is 0 Å². The number of hydrogen-bond acceptors (Lipinski definition) is 5. The Morgan fingerprint density at radius 3 is 2.43 bits per heavy atom. The summed E-state index contributed by atoms with van der Waals surface area (Å²) in [5.74, 6) is -0.324. The highest BCUT2D eigenvalue weighted by atomic mass is 16.6. The highest BCUT2D eigenvalue weighted by Crippen LogP contribution is 2.39. The standard InChI is InChI=1S/C18H29NO4/c1-3-10-14(19-22-4-2)16-15(20)13-18(23-17(16)21)11-8-6-5-7-9-12-18/h20H,3-13H2,1-2H3/b19-14+. The molecule has 0 radical (unpaired) electrons. The Balaban J connectivity index is 2.24. The van der Waals surface area contributed by atoms with E-state index in [1.807, 2.05) is 13.8 Å². The summed E-state index contributed by atoms with van der Waals surface area (Å²) in [6, 6.07) is 0. The van der Waals surface area contributed by atoms with Gasteiger partial charge >= 0.3 is 5.97 Å². The zero-order valence-corrected chi connectivity index (χ0v) is 14.4. The van der Waals surface area contributed by atoms with Crippen molar-refractivity contribution < 1.29 is 19.5 Å². The summed E-state index contributed by atoms with van der Waals surface area (Å²) in [5, 5.41) is 14.6. The number of aliphatic hydroxyl groups is 1. The molecule has 0 aromatic heterocycles. The van der Waals surface area contributed by atoms with Gasteiger partial charge in [-0.1, -0.05) is 37.8 Å². The number of aliphatic hydroxyl groups excluding tert-OH is 1. The molecule has 1 heterocycles. The van der Waals surface area contributed by atoms with Crippen molar-refractivity contribution in [1.29, 1.82) is 0 Å². The fourth-order valence-corrected chi connectivity index (χ4v) is 3.50. The van der Waals surface area contributed by atoms with E-state index in [4.69, 9.17) is 9.57 Å². The fraction of sp³-hybridized carbons (Fsp3) is 0.778. The summed E-state index contributed by atoms with van der Waals surface area (Å²) >= 11 is 0. The van der Waals surface area contributed by atoms with Gasteiger partial charge in [-0.2, -0.15) is 0 Å². The molecule has 0 atom stereocenters. The van der Waals surface area contributed by atoms with E-state index in [-0.39, 0.29) is 11.3 Å². The molecule has 5 nitrogen and oxygen atoms in total. The molecule has 1 fully saturated rings. The normalized spacial score (nSPS) is 22.5. The molecule has 1 N–H and O–H groups in total. The minimum Gasteiger partial charge on any atom is -0.511 e. The largest absolute Gasteiger partial charge is 0.511 e. The van der Waals surface area contributed by atoms with E-state index in [0.717, 1.165) is 32.1 Å². The molecule has 5 heteroatoms. The Bertz CT molecular complexity index is 473. The lowest BCUT2D eigenvalue weighted by Crippen LogP contribution is -2.42. The third kappa shape index (κ3) is 4.49. The number of oxime groups is 1. The van der Waals surface area contributed by atoms with Gasteiger partial charge in [-0.25, -0.2) is 4.79 Å². The van der Waals surface area contributed by atoms with Crippen LogP contribution in [0.15, 0.2) is 16.5 Å². The molecule has 1 saturated carbocycles. The highest BCUT2D eigenvalue weighted by Gasteiger charge is 2.42. The average molecular weight is 323 g/mol. The molecule has 0 saturated heterocycles. The monoisotopic (exact) mass is 323 g/mol. The number of carbonyl (C=O) groups excluding carboxylic acids is 1. The summed E-state index contributed by atoms with van der Waals surface area (Å²) < 4.78 is 5.85. The molecule has 0 aromatic carbocycles. The van der Waals surface area contributed by atoms with Crippen LogP contribution in [0.3, 0.4) is 0 Å². The van der Waals surface area contributed by atoms with Crippen molar-refractivity contribution >= 4 is 11.7 Å². The highest BCUT2D eigenvalue weighted by molar-refractivity contribution is 6.20. The molecular weight excluding hydrogens is 294 g/mol. The average Bonchev–Trinajstić information content (AvgIpc) is 2.48. The van der Waals surface area contributed by atoms with Gasteiger partial charge in [0.05, 0.1) is 5.71 Å². The molecule has 0 amide bonds. The van der Waals surface area contributed by atoms with Crippen LogP contribution in [0.1, 0.15) is 78.1 Å². The number of rotatable bonds is 5. The van der Waals surface area contributed by atoms with Crippen LogP contribution >= 0.6 is 0 Å². The summed E-state index contributed by atoms with van der Waals surface area (Å²) in [6.45, 7) is 4.27. The maximum Gasteiger partial charge on any atom is 0.344 e. The van der Waals surface area contributed by atoms with Crippen molar-refractivity contribution in [3.63, 3.8) is 0 Å². The first-order valence-corrected chi connectivity index (χ1v) is 8.96. The second-order valence-electron chi connectivity index (χ2n) is 6.54. The lowest BCUT2D eigenvalue weighted by atomic mass is 9.81. The van der Waals surface area contributed by atoms with Gasteiger partial charge in [0.15, 0.2) is 0 Å². The molecule has 2 aliphatic rings. The number of hydrogen-bond donors (Lipinski definition) is 1. The number of esters is 1. The molecule has 1 spiro atoms. The Hall–Kier alpha value is -1.52. The van der Waals surface area contributed by atoms with E-state index < -0.39 is 11.6 Å². The minimum absolute atomic E-state index is 0.119. The first kappa shape index (κ1) is 17.8. The van der Waals surface area contributed by atoms with Gasteiger partial charge in [0.1, 0.15) is 23.5 Å². The van der Waals surface area contributed by atoms with Crippen LogP contribution in [-0.2, 0) is 14.4 Å². The second kappa shape index (κ2) is 8.37. The van der Waals surface area contributed by atoms with Crippen LogP contribution in [0.25, 0.3) is 0 Å². The molecule has 0 bridgehead atoms. The number of carbonyl (C=O) groups is 1. The molecule has 1 aliphatic carbocycles. The first-order valence-electron chi connectivity index (χ1n) is 8.96. The van der Waals surface area contributed by atoms with E-state index >= 15 is 0 Å². The fourth-order valence-electron chi connectivity index (χ4n) is 3.50. The van der Waals surface area contributed by atoms with Crippen LogP contribution in [0.4, 0.5) is 0 Å². The van der Waals surface area contributed by atoms with Gasteiger partial charge in [0.2, 0.25) is 0 Å². The third-order valence-corrected chi connectivity index (χ3v) is 4.64. The Labute approximate surface area is 138 Å². The van der Waals surface area contributed by atoms with Crippen LogP contribution in [0.2, 0.25) is 0 Å². The second-order valence-corrected chi connectivity index (χ2v) is 6.54. The van der Waals surface area contributed by atoms with E-state index in [2.05, 4.69) is 5.16 Å². The zero-order chi connectivity index (χ0) is 16.7. The van der Waals surface area contributed by atoms with Crippen LogP contribution < -0.4 is 0 Å². The number of nitrogens with zero attached hydrogens (tertiary/aromatic N) is 1. The molecule has 0 unspecified atom stereocenters. The van der Waals surface area contributed by atoms with Gasteiger partial charge in [-0.05, 0) is 39.0 Å². The van der Waals surface area contributed by atoms with Gasteiger partial charge in [0, 0.05) is 6.42 Å². The zero-order valence-electron chi connectivity index (χ0n) is 14.4. The van der Waals surface area contributed by atoms with Gasteiger partial charge in [-0.3, -0.25) is 0 Å². The van der Waals surface area contributed by atoms with Gasteiger partial charge in [0.25, 0.3) is 0 Å². The predicted molar refractivity (Wildman–Crippen MR) is 89.4 cm³/mol. The Kier molecular flexibility index (Phi) is 6.48. The Morgan fingerprint density at radius 2 is 1.87 bits per heavy atom. The molecule has 23 heavy (non-hydrogen) atoms. The SMILES string of the molecule is CCC/C(=N\OCC)C1=C(O)CC2(CCCCCCC2)OC1=O. The molecule has 0 aromatic rings. The summed E-state index contributed by atoms with van der Waals surface area (Å²) in [6.07, 6.45) is 9.16. The number of ether oxygens (including phenoxy) is 1. The smallest absolute Gasteiger partial charge is 0.344 e. The lowest BCUT2D eigenvalue weighted by molar-refractivity contribution is -0.160. The first-order chi connectivity index (χ1) is 11.1. The summed E-state index contributed by atoms with van der Waals surface area (Å²) in [7, 11) is 0. The van der Waals surface area contributed by atoms with E-state index in [0.29, 0.717) is 25.2 Å². The topological polar surface area (TPSA) is 68.1 Å². The van der Waals surface area contributed by atoms with Crippen molar-refractivity contribution in [3.05, 3.63) is 11.3 Å². The third-order valence-electron chi connectivity index (χ3n) is 4.64. The maximum atomic E-state index is 12.6. The van der Waals surface area contributed by atoms with E-state index in [9.17, 15) is 9.90 Å². The van der Waals surface area contributed by atoms with Gasteiger partial charge in [-0.15, -0.1) is 0 Å². The lowest BCUT2D eigenvalue weighted by Gasteiger charge is -2.38. The molecule has 1 aliphatic heterocycles. The van der Waals surface area contributed by atoms with Crippen molar-refractivity contribution in [1.82, 2.24) is 0 Å². The van der Waals surface area contributed by atoms with Crippen LogP contribution in [0.5, 0.6) is 0 Å². The van der Waals surface area contributed by atoms with Crippen molar-refractivity contribution in [2.75, 3.05) is 6.61 Å². The van der Waals surface area contributed by atoms with Crippen LogP contribution in [-0.4, -0.2) is 29.0 Å². The maximum absolute atomic E-state index is 12.6. The van der Waals surface area contributed by atoms with Crippen molar-refractivity contribution in [2.24, 2.45) is 5.16 Å².